The van der Waals surface area contributed by atoms with Crippen molar-refractivity contribution in [2.24, 2.45) is 0 Å². The molecule has 0 unspecified atom stereocenters. The van der Waals surface area contributed by atoms with E-state index in [4.69, 9.17) is 20.6 Å². The Labute approximate surface area is 137 Å². The fourth-order valence-corrected chi connectivity index (χ4v) is 2.67. The summed E-state index contributed by atoms with van der Waals surface area (Å²) in [6.45, 7) is 10.1. The zero-order chi connectivity index (χ0) is 16.5. The van der Waals surface area contributed by atoms with E-state index in [1.54, 1.807) is 18.2 Å². The Morgan fingerprint density at radius 3 is 2.50 bits per heavy atom. The van der Waals surface area contributed by atoms with E-state index in [0.717, 1.165) is 0 Å². The van der Waals surface area contributed by atoms with Crippen molar-refractivity contribution >= 4 is 21.4 Å². The second kappa shape index (κ2) is 6.14. The molecule has 0 fully saturated rings. The minimum atomic E-state index is -0.644. The van der Waals surface area contributed by atoms with Crippen molar-refractivity contribution < 1.29 is 13.3 Å². The summed E-state index contributed by atoms with van der Waals surface area (Å²) in [6.07, 6.45) is 0. The summed E-state index contributed by atoms with van der Waals surface area (Å²) in [5, 5.41) is 4.31. The fraction of sp³-hybridized carbons (Fsp3) is 0.438. The van der Waals surface area contributed by atoms with Crippen LogP contribution >= 0.6 is 11.6 Å². The van der Waals surface area contributed by atoms with Crippen LogP contribution in [0.25, 0.3) is 11.3 Å². The van der Waals surface area contributed by atoms with Gasteiger partial charge in [-0.25, -0.2) is 4.39 Å². The fourth-order valence-electron chi connectivity index (χ4n) is 1.75. The Kier molecular flexibility index (Phi) is 4.80. The number of hydrogen-bond acceptors (Lipinski definition) is 3. The Bertz CT molecular complexity index is 644. The molecule has 1 heterocycles. The number of aromatic nitrogens is 1. The third-order valence-corrected chi connectivity index (χ3v) is 4.47. The van der Waals surface area contributed by atoms with Gasteiger partial charge in [0.1, 0.15) is 17.1 Å². The molecular formula is C16H19ClFNO2Si. The molecule has 22 heavy (non-hydrogen) atoms. The zero-order valence-corrected chi connectivity index (χ0v) is 15.1. The molecule has 0 amide bonds. The Morgan fingerprint density at radius 2 is 1.91 bits per heavy atom. The van der Waals surface area contributed by atoms with Gasteiger partial charge in [-0.05, 0) is 31.0 Å². The van der Waals surface area contributed by atoms with Crippen LogP contribution in [0.3, 0.4) is 0 Å². The highest BCUT2D eigenvalue weighted by molar-refractivity contribution is 6.33. The topological polar surface area (TPSA) is 35.3 Å². The summed E-state index contributed by atoms with van der Waals surface area (Å²) in [4.78, 5) is 0. The monoisotopic (exact) mass is 339 g/mol. The quantitative estimate of drug-likeness (QED) is 0.716. The summed E-state index contributed by atoms with van der Waals surface area (Å²) in [7, 11) is 0.302. The number of hydrogen-bond donors (Lipinski definition) is 0. The molecule has 0 spiro atoms. The number of rotatable bonds is 4. The molecule has 0 saturated carbocycles. The van der Waals surface area contributed by atoms with Gasteiger partial charge in [0.15, 0.2) is 5.76 Å². The first kappa shape index (κ1) is 17.2. The van der Waals surface area contributed by atoms with Gasteiger partial charge in [-0.2, -0.15) is 0 Å². The van der Waals surface area contributed by atoms with Crippen LogP contribution in [0.4, 0.5) is 4.39 Å². The van der Waals surface area contributed by atoms with Crippen LogP contribution in [-0.4, -0.2) is 14.9 Å². The highest BCUT2D eigenvalue weighted by atomic mass is 35.5. The Morgan fingerprint density at radius 1 is 1.23 bits per heavy atom. The van der Waals surface area contributed by atoms with E-state index < -0.39 is 11.4 Å². The van der Waals surface area contributed by atoms with Crippen molar-refractivity contribution in [3.8, 4) is 11.3 Å². The average Bonchev–Trinajstić information content (AvgIpc) is 2.86. The van der Waals surface area contributed by atoms with E-state index in [1.165, 1.54) is 6.07 Å². The molecule has 0 bridgehead atoms. The van der Waals surface area contributed by atoms with Gasteiger partial charge in [-0.3, -0.25) is 0 Å². The van der Waals surface area contributed by atoms with E-state index in [2.05, 4.69) is 25.9 Å². The maximum absolute atomic E-state index is 14.0. The van der Waals surface area contributed by atoms with E-state index in [0.29, 0.717) is 26.2 Å². The summed E-state index contributed by atoms with van der Waals surface area (Å²) >= 11 is 6.06. The Balaban J connectivity index is 2.28. The lowest BCUT2D eigenvalue weighted by molar-refractivity contribution is 0.0751. The largest absolute Gasteiger partial charge is 0.405 e. The maximum Gasteiger partial charge on any atom is 0.237 e. The third kappa shape index (κ3) is 3.97. The van der Waals surface area contributed by atoms with E-state index in [1.807, 2.05) is 13.8 Å². The molecule has 0 aliphatic rings. The predicted molar refractivity (Wildman–Crippen MR) is 86.5 cm³/mol. The summed E-state index contributed by atoms with van der Waals surface area (Å²) in [5.74, 6) is 0.112. The van der Waals surface area contributed by atoms with Crippen molar-refractivity contribution in [1.82, 2.24) is 5.16 Å². The van der Waals surface area contributed by atoms with Gasteiger partial charge in [0.25, 0.3) is 0 Å². The van der Waals surface area contributed by atoms with Crippen LogP contribution in [0.15, 0.2) is 28.8 Å². The predicted octanol–water partition coefficient (Wildman–Crippen LogP) is 5.22. The first-order chi connectivity index (χ1) is 10.1. The van der Waals surface area contributed by atoms with Crippen LogP contribution < -0.4 is 0 Å². The molecule has 0 aliphatic heterocycles. The van der Waals surface area contributed by atoms with E-state index in [9.17, 15) is 4.39 Å². The van der Waals surface area contributed by atoms with Crippen LogP contribution in [0.2, 0.25) is 10.1 Å². The minimum absolute atomic E-state index is 0.0645. The summed E-state index contributed by atoms with van der Waals surface area (Å²) < 4.78 is 25.3. The van der Waals surface area contributed by atoms with Gasteiger partial charge >= 0.3 is 0 Å². The minimum Gasteiger partial charge on any atom is -0.405 e. The molecule has 2 aromatic rings. The number of benzene rings is 1. The molecule has 0 saturated heterocycles. The molecule has 2 rings (SSSR count). The Hall–Kier alpha value is -1.17. The molecule has 0 aliphatic carbocycles. The lowest BCUT2D eigenvalue weighted by atomic mass is 10.0. The molecule has 1 aromatic heterocycles. The van der Waals surface area contributed by atoms with Gasteiger partial charge in [-0.1, -0.05) is 43.6 Å². The molecule has 0 atom stereocenters. The maximum atomic E-state index is 14.0. The van der Waals surface area contributed by atoms with Crippen molar-refractivity contribution in [2.75, 3.05) is 0 Å². The molecule has 1 aromatic carbocycles. The molecular weight excluding hydrogens is 321 g/mol. The van der Waals surface area contributed by atoms with Gasteiger partial charge < -0.3 is 8.95 Å². The zero-order valence-electron chi connectivity index (χ0n) is 13.3. The first-order valence-electron chi connectivity index (χ1n) is 6.97. The average molecular weight is 340 g/mol. The lowest BCUT2D eigenvalue weighted by Crippen LogP contribution is -2.27. The van der Waals surface area contributed by atoms with Gasteiger partial charge in [-0.15, -0.1) is 0 Å². The number of halogens is 2. The van der Waals surface area contributed by atoms with Crippen molar-refractivity contribution in [2.45, 2.75) is 45.3 Å². The summed E-state index contributed by atoms with van der Waals surface area (Å²) in [5.41, 5.74) is -0.0311. The lowest BCUT2D eigenvalue weighted by Gasteiger charge is -2.26. The molecule has 6 heteroatoms. The SMILES string of the molecule is CC(C)(C)[Si]OC(C)(C)c1cc(-c2c(F)cccc2Cl)no1. The van der Waals surface area contributed by atoms with E-state index in [-0.39, 0.29) is 10.6 Å². The molecule has 2 radical (unpaired) electrons. The second-order valence-corrected chi connectivity index (χ2v) is 8.95. The van der Waals surface area contributed by atoms with Crippen molar-refractivity contribution in [1.29, 1.82) is 0 Å². The smallest absolute Gasteiger partial charge is 0.237 e. The van der Waals surface area contributed by atoms with Gasteiger partial charge in [0.05, 0.1) is 10.6 Å². The molecule has 3 nitrogen and oxygen atoms in total. The van der Waals surface area contributed by atoms with Crippen LogP contribution in [0, 0.1) is 5.82 Å². The number of nitrogens with zero attached hydrogens (tertiary/aromatic N) is 1. The normalized spacial score (nSPS) is 12.7. The highest BCUT2D eigenvalue weighted by Gasteiger charge is 2.30. The van der Waals surface area contributed by atoms with Crippen molar-refractivity contribution in [3.63, 3.8) is 0 Å². The van der Waals surface area contributed by atoms with Crippen LogP contribution in [0.5, 0.6) is 0 Å². The second-order valence-electron chi connectivity index (χ2n) is 6.64. The van der Waals surface area contributed by atoms with Crippen molar-refractivity contribution in [3.05, 3.63) is 40.9 Å². The van der Waals surface area contributed by atoms with Gasteiger partial charge in [0.2, 0.25) is 9.76 Å². The first-order valence-corrected chi connectivity index (χ1v) is 8.25. The summed E-state index contributed by atoms with van der Waals surface area (Å²) in [6, 6.07) is 6.20. The van der Waals surface area contributed by atoms with Crippen LogP contribution in [0.1, 0.15) is 40.4 Å². The standard InChI is InChI=1S/C16H19ClFNO2Si/c1-15(2,3)22-21-16(4,5)13-9-12(19-20-13)14-10(17)7-6-8-11(14)18/h6-9H,1-5H3. The van der Waals surface area contributed by atoms with Crippen LogP contribution in [-0.2, 0) is 10.0 Å². The van der Waals surface area contributed by atoms with E-state index >= 15 is 0 Å². The van der Waals surface area contributed by atoms with Gasteiger partial charge in [0, 0.05) is 6.07 Å². The molecule has 118 valence electrons. The third-order valence-electron chi connectivity index (χ3n) is 2.93. The molecule has 0 N–H and O–H groups in total. The highest BCUT2D eigenvalue weighted by Crippen LogP contribution is 2.34.